The van der Waals surface area contributed by atoms with Gasteiger partial charge in [0.1, 0.15) is 0 Å². The van der Waals surface area contributed by atoms with Gasteiger partial charge in [-0.1, -0.05) is 42.5 Å². The Morgan fingerprint density at radius 2 is 1.79 bits per heavy atom. The SMILES string of the molecule is OCCC(CO)NCCc1ccc2ccccc2c1. The first-order valence-corrected chi connectivity index (χ1v) is 6.76. The van der Waals surface area contributed by atoms with Gasteiger partial charge in [-0.2, -0.15) is 0 Å². The molecule has 2 aromatic carbocycles. The monoisotopic (exact) mass is 259 g/mol. The second kappa shape index (κ2) is 7.24. The third-order valence-electron chi connectivity index (χ3n) is 3.36. The van der Waals surface area contributed by atoms with Gasteiger partial charge >= 0.3 is 0 Å². The average molecular weight is 259 g/mol. The highest BCUT2D eigenvalue weighted by Gasteiger charge is 2.05. The number of aliphatic hydroxyl groups is 2. The predicted octanol–water partition coefficient (Wildman–Crippen LogP) is 1.72. The van der Waals surface area contributed by atoms with Crippen LogP contribution in [0.1, 0.15) is 12.0 Å². The van der Waals surface area contributed by atoms with Crippen molar-refractivity contribution in [1.82, 2.24) is 5.32 Å². The topological polar surface area (TPSA) is 52.5 Å². The molecule has 0 saturated heterocycles. The predicted molar refractivity (Wildman–Crippen MR) is 78.2 cm³/mol. The molecule has 0 saturated carbocycles. The van der Waals surface area contributed by atoms with E-state index in [1.165, 1.54) is 16.3 Å². The van der Waals surface area contributed by atoms with E-state index in [0.717, 1.165) is 13.0 Å². The van der Waals surface area contributed by atoms with Gasteiger partial charge in [-0.25, -0.2) is 0 Å². The highest BCUT2D eigenvalue weighted by molar-refractivity contribution is 5.82. The first-order valence-electron chi connectivity index (χ1n) is 6.76. The summed E-state index contributed by atoms with van der Waals surface area (Å²) in [4.78, 5) is 0. The van der Waals surface area contributed by atoms with Crippen molar-refractivity contribution in [3.63, 3.8) is 0 Å². The Bertz CT molecular complexity index is 513. The van der Waals surface area contributed by atoms with Crippen LogP contribution in [-0.2, 0) is 6.42 Å². The van der Waals surface area contributed by atoms with Crippen molar-refractivity contribution in [3.8, 4) is 0 Å². The molecule has 0 radical (unpaired) electrons. The zero-order chi connectivity index (χ0) is 13.5. The van der Waals surface area contributed by atoms with Gasteiger partial charge in [0.05, 0.1) is 6.61 Å². The molecule has 102 valence electrons. The zero-order valence-corrected chi connectivity index (χ0v) is 11.0. The quantitative estimate of drug-likeness (QED) is 0.709. The van der Waals surface area contributed by atoms with E-state index in [1.54, 1.807) is 0 Å². The molecule has 0 amide bonds. The molecule has 1 unspecified atom stereocenters. The number of aliphatic hydroxyl groups excluding tert-OH is 2. The first kappa shape index (κ1) is 14.0. The molecule has 0 aliphatic carbocycles. The van der Waals surface area contributed by atoms with Crippen LogP contribution in [0.25, 0.3) is 10.8 Å². The van der Waals surface area contributed by atoms with Crippen molar-refractivity contribution in [3.05, 3.63) is 48.0 Å². The van der Waals surface area contributed by atoms with Crippen LogP contribution in [0.4, 0.5) is 0 Å². The van der Waals surface area contributed by atoms with Gasteiger partial charge in [0, 0.05) is 12.6 Å². The Hall–Kier alpha value is -1.42. The Morgan fingerprint density at radius 3 is 2.53 bits per heavy atom. The van der Waals surface area contributed by atoms with Crippen molar-refractivity contribution in [2.45, 2.75) is 18.9 Å². The molecule has 0 spiro atoms. The van der Waals surface area contributed by atoms with Crippen LogP contribution in [0, 0.1) is 0 Å². The number of rotatable bonds is 7. The summed E-state index contributed by atoms with van der Waals surface area (Å²) in [5.74, 6) is 0. The van der Waals surface area contributed by atoms with E-state index >= 15 is 0 Å². The smallest absolute Gasteiger partial charge is 0.0585 e. The lowest BCUT2D eigenvalue weighted by Crippen LogP contribution is -2.34. The maximum absolute atomic E-state index is 9.12. The number of hydrogen-bond acceptors (Lipinski definition) is 3. The molecule has 0 aliphatic heterocycles. The molecule has 19 heavy (non-hydrogen) atoms. The fourth-order valence-corrected chi connectivity index (χ4v) is 2.23. The number of nitrogens with one attached hydrogen (secondary N) is 1. The van der Waals surface area contributed by atoms with Crippen molar-refractivity contribution < 1.29 is 10.2 Å². The van der Waals surface area contributed by atoms with Gasteiger partial charge in [-0.15, -0.1) is 0 Å². The summed E-state index contributed by atoms with van der Waals surface area (Å²) in [5, 5.41) is 23.7. The number of hydrogen-bond donors (Lipinski definition) is 3. The lowest BCUT2D eigenvalue weighted by molar-refractivity contribution is 0.201. The molecular formula is C16H21NO2. The van der Waals surface area contributed by atoms with E-state index in [4.69, 9.17) is 10.2 Å². The molecule has 0 heterocycles. The zero-order valence-electron chi connectivity index (χ0n) is 11.0. The minimum atomic E-state index is -0.00884. The first-order chi connectivity index (χ1) is 9.33. The summed E-state index contributed by atoms with van der Waals surface area (Å²) in [7, 11) is 0. The van der Waals surface area contributed by atoms with Crippen LogP contribution < -0.4 is 5.32 Å². The van der Waals surface area contributed by atoms with Gasteiger partial charge in [0.25, 0.3) is 0 Å². The fraction of sp³-hybridized carbons (Fsp3) is 0.375. The Balaban J connectivity index is 1.90. The average Bonchev–Trinajstić information content (AvgIpc) is 2.46. The maximum Gasteiger partial charge on any atom is 0.0585 e. The minimum absolute atomic E-state index is 0.00884. The molecule has 0 aromatic heterocycles. The molecular weight excluding hydrogens is 238 g/mol. The molecule has 0 aliphatic rings. The van der Waals surface area contributed by atoms with Gasteiger partial charge in [-0.05, 0) is 35.7 Å². The third-order valence-corrected chi connectivity index (χ3v) is 3.36. The van der Waals surface area contributed by atoms with E-state index in [9.17, 15) is 0 Å². The van der Waals surface area contributed by atoms with Crippen LogP contribution in [0.15, 0.2) is 42.5 Å². The van der Waals surface area contributed by atoms with Crippen LogP contribution >= 0.6 is 0 Å². The lowest BCUT2D eigenvalue weighted by atomic mass is 10.0. The molecule has 3 nitrogen and oxygen atoms in total. The Morgan fingerprint density at radius 1 is 1.00 bits per heavy atom. The highest BCUT2D eigenvalue weighted by Crippen LogP contribution is 2.15. The van der Waals surface area contributed by atoms with Gasteiger partial charge in [0.15, 0.2) is 0 Å². The molecule has 0 bridgehead atoms. The van der Waals surface area contributed by atoms with Crippen molar-refractivity contribution in [1.29, 1.82) is 0 Å². The lowest BCUT2D eigenvalue weighted by Gasteiger charge is -2.14. The van der Waals surface area contributed by atoms with Crippen LogP contribution in [0.3, 0.4) is 0 Å². The van der Waals surface area contributed by atoms with Crippen LogP contribution in [0.2, 0.25) is 0 Å². The number of benzene rings is 2. The van der Waals surface area contributed by atoms with Crippen molar-refractivity contribution in [2.24, 2.45) is 0 Å². The van der Waals surface area contributed by atoms with Crippen LogP contribution in [-0.4, -0.2) is 36.0 Å². The Kier molecular flexibility index (Phi) is 5.33. The van der Waals surface area contributed by atoms with E-state index in [-0.39, 0.29) is 19.3 Å². The summed E-state index contributed by atoms with van der Waals surface area (Å²) in [6, 6.07) is 14.8. The molecule has 2 rings (SSSR count). The Labute approximate surface area is 113 Å². The van der Waals surface area contributed by atoms with Gasteiger partial charge in [0.2, 0.25) is 0 Å². The second-order valence-corrected chi connectivity index (χ2v) is 4.78. The van der Waals surface area contributed by atoms with E-state index in [0.29, 0.717) is 6.42 Å². The highest BCUT2D eigenvalue weighted by atomic mass is 16.3. The van der Waals surface area contributed by atoms with Crippen molar-refractivity contribution >= 4 is 10.8 Å². The fourth-order valence-electron chi connectivity index (χ4n) is 2.23. The van der Waals surface area contributed by atoms with E-state index in [2.05, 4.69) is 35.6 Å². The summed E-state index contributed by atoms with van der Waals surface area (Å²) in [6.07, 6.45) is 1.51. The molecule has 1 atom stereocenters. The van der Waals surface area contributed by atoms with Gasteiger partial charge in [-0.3, -0.25) is 0 Å². The summed E-state index contributed by atoms with van der Waals surface area (Å²) in [6.45, 7) is 0.982. The normalized spacial score (nSPS) is 12.7. The molecule has 3 N–H and O–H groups in total. The second-order valence-electron chi connectivity index (χ2n) is 4.78. The standard InChI is InChI=1S/C16H21NO2/c18-10-8-16(12-19)17-9-7-13-5-6-14-3-1-2-4-15(14)11-13/h1-6,11,16-19H,7-10,12H2. The third kappa shape index (κ3) is 4.03. The van der Waals surface area contributed by atoms with Crippen LogP contribution in [0.5, 0.6) is 0 Å². The van der Waals surface area contributed by atoms with E-state index < -0.39 is 0 Å². The summed E-state index contributed by atoms with van der Waals surface area (Å²) in [5.41, 5.74) is 1.28. The summed E-state index contributed by atoms with van der Waals surface area (Å²) >= 11 is 0. The maximum atomic E-state index is 9.12. The minimum Gasteiger partial charge on any atom is -0.396 e. The van der Waals surface area contributed by atoms with E-state index in [1.807, 2.05) is 12.1 Å². The largest absolute Gasteiger partial charge is 0.396 e. The summed E-state index contributed by atoms with van der Waals surface area (Å²) < 4.78 is 0. The number of fused-ring (bicyclic) bond motifs is 1. The van der Waals surface area contributed by atoms with Gasteiger partial charge < -0.3 is 15.5 Å². The van der Waals surface area contributed by atoms with Crippen molar-refractivity contribution in [2.75, 3.05) is 19.8 Å². The molecule has 2 aromatic rings. The molecule has 3 heteroatoms. The molecule has 0 fully saturated rings.